The number of anilines is 1. The van der Waals surface area contributed by atoms with E-state index in [9.17, 15) is 13.2 Å². The minimum absolute atomic E-state index is 0.168. The highest BCUT2D eigenvalue weighted by molar-refractivity contribution is 7.89. The van der Waals surface area contributed by atoms with Gasteiger partial charge in [-0.1, -0.05) is 6.07 Å². The van der Waals surface area contributed by atoms with Crippen molar-refractivity contribution in [3.8, 4) is 5.75 Å². The second-order valence-electron chi connectivity index (χ2n) is 5.00. The van der Waals surface area contributed by atoms with Gasteiger partial charge >= 0.3 is 0 Å². The van der Waals surface area contributed by atoms with E-state index < -0.39 is 10.0 Å². The fourth-order valence-electron chi connectivity index (χ4n) is 1.89. The summed E-state index contributed by atoms with van der Waals surface area (Å²) in [5, 5.41) is 2.71. The Morgan fingerprint density at radius 2 is 1.74 bits per heavy atom. The van der Waals surface area contributed by atoms with Crippen molar-refractivity contribution >= 4 is 21.6 Å². The zero-order chi connectivity index (χ0) is 17.0. The van der Waals surface area contributed by atoms with E-state index in [4.69, 9.17) is 4.74 Å². The highest BCUT2D eigenvalue weighted by atomic mass is 32.2. The molecule has 2 aromatic rings. The van der Waals surface area contributed by atoms with Crippen LogP contribution in [0.25, 0.3) is 0 Å². The molecule has 23 heavy (non-hydrogen) atoms. The quantitative estimate of drug-likeness (QED) is 0.909. The molecule has 7 heteroatoms. The van der Waals surface area contributed by atoms with Crippen LogP contribution in [-0.4, -0.2) is 39.8 Å². The van der Waals surface area contributed by atoms with Gasteiger partial charge in [-0.05, 0) is 42.5 Å². The van der Waals surface area contributed by atoms with Gasteiger partial charge in [-0.3, -0.25) is 4.79 Å². The van der Waals surface area contributed by atoms with Crippen LogP contribution in [-0.2, 0) is 10.0 Å². The van der Waals surface area contributed by atoms with Crippen molar-refractivity contribution in [2.45, 2.75) is 4.90 Å². The Hall–Kier alpha value is -2.38. The molecular weight excluding hydrogens is 316 g/mol. The SMILES string of the molecule is COc1cccc(C(=O)Nc2ccc(S(=O)(=O)N(C)C)cc2)c1. The minimum Gasteiger partial charge on any atom is -0.497 e. The van der Waals surface area contributed by atoms with Gasteiger partial charge in [-0.2, -0.15) is 0 Å². The number of ether oxygens (including phenoxy) is 1. The maximum absolute atomic E-state index is 12.2. The fraction of sp³-hybridized carbons (Fsp3) is 0.188. The predicted molar refractivity (Wildman–Crippen MR) is 88.3 cm³/mol. The van der Waals surface area contributed by atoms with Gasteiger partial charge in [0.05, 0.1) is 12.0 Å². The van der Waals surface area contributed by atoms with Crippen molar-refractivity contribution in [1.82, 2.24) is 4.31 Å². The highest BCUT2D eigenvalue weighted by Crippen LogP contribution is 2.18. The summed E-state index contributed by atoms with van der Waals surface area (Å²) in [6, 6.07) is 12.8. The maximum Gasteiger partial charge on any atom is 0.255 e. The molecule has 0 aliphatic carbocycles. The molecule has 0 heterocycles. The second-order valence-corrected chi connectivity index (χ2v) is 7.15. The first-order valence-electron chi connectivity index (χ1n) is 6.82. The average Bonchev–Trinajstić information content (AvgIpc) is 2.55. The topological polar surface area (TPSA) is 75.7 Å². The van der Waals surface area contributed by atoms with E-state index in [1.165, 1.54) is 33.3 Å². The van der Waals surface area contributed by atoms with Crippen LogP contribution in [0.2, 0.25) is 0 Å². The molecule has 0 aliphatic rings. The molecule has 0 aromatic heterocycles. The number of methoxy groups -OCH3 is 1. The summed E-state index contributed by atoms with van der Waals surface area (Å²) in [6.45, 7) is 0. The monoisotopic (exact) mass is 334 g/mol. The first-order chi connectivity index (χ1) is 10.8. The van der Waals surface area contributed by atoms with Crippen LogP contribution in [0.3, 0.4) is 0 Å². The number of carbonyl (C=O) groups excluding carboxylic acids is 1. The van der Waals surface area contributed by atoms with Gasteiger partial charge in [-0.25, -0.2) is 12.7 Å². The minimum atomic E-state index is -3.48. The van der Waals surface area contributed by atoms with Gasteiger partial charge in [0.15, 0.2) is 0 Å². The molecule has 0 spiro atoms. The van der Waals surface area contributed by atoms with Crippen LogP contribution in [0.4, 0.5) is 5.69 Å². The zero-order valence-corrected chi connectivity index (χ0v) is 13.9. The van der Waals surface area contributed by atoms with Crippen molar-refractivity contribution in [2.75, 3.05) is 26.5 Å². The van der Waals surface area contributed by atoms with E-state index in [0.717, 1.165) is 4.31 Å². The molecule has 122 valence electrons. The number of sulfonamides is 1. The normalized spacial score (nSPS) is 11.3. The van der Waals surface area contributed by atoms with Crippen molar-refractivity contribution in [3.05, 3.63) is 54.1 Å². The molecule has 6 nitrogen and oxygen atoms in total. The smallest absolute Gasteiger partial charge is 0.255 e. The molecule has 0 unspecified atom stereocenters. The van der Waals surface area contributed by atoms with Gasteiger partial charge in [0, 0.05) is 25.3 Å². The van der Waals surface area contributed by atoms with Crippen LogP contribution in [0.15, 0.2) is 53.4 Å². The van der Waals surface area contributed by atoms with Crippen molar-refractivity contribution in [2.24, 2.45) is 0 Å². The number of carbonyl (C=O) groups is 1. The summed E-state index contributed by atoms with van der Waals surface area (Å²) in [7, 11) is 0.982. The Labute approximate surface area is 135 Å². The summed E-state index contributed by atoms with van der Waals surface area (Å²) in [5.41, 5.74) is 0.963. The zero-order valence-electron chi connectivity index (χ0n) is 13.1. The van der Waals surface area contributed by atoms with E-state index >= 15 is 0 Å². The Bertz CT molecular complexity index is 799. The summed E-state index contributed by atoms with van der Waals surface area (Å²) in [5.74, 6) is 0.289. The fourth-order valence-corrected chi connectivity index (χ4v) is 2.79. The van der Waals surface area contributed by atoms with Gasteiger partial charge in [-0.15, -0.1) is 0 Å². The maximum atomic E-state index is 12.2. The number of nitrogens with one attached hydrogen (secondary N) is 1. The summed E-state index contributed by atoms with van der Waals surface area (Å²) < 4.78 is 30.2. The van der Waals surface area contributed by atoms with E-state index in [1.807, 2.05) is 0 Å². The lowest BCUT2D eigenvalue weighted by Gasteiger charge is -2.12. The van der Waals surface area contributed by atoms with Gasteiger partial charge < -0.3 is 10.1 Å². The summed E-state index contributed by atoms with van der Waals surface area (Å²) in [6.07, 6.45) is 0. The molecule has 2 rings (SSSR count). The third-order valence-electron chi connectivity index (χ3n) is 3.22. The van der Waals surface area contributed by atoms with E-state index in [1.54, 1.807) is 36.4 Å². The summed E-state index contributed by atoms with van der Waals surface area (Å²) in [4.78, 5) is 12.3. The third kappa shape index (κ3) is 3.88. The first kappa shape index (κ1) is 17.0. The summed E-state index contributed by atoms with van der Waals surface area (Å²) >= 11 is 0. The molecule has 0 atom stereocenters. The van der Waals surface area contributed by atoms with Crippen LogP contribution in [0, 0.1) is 0 Å². The Balaban J connectivity index is 2.16. The highest BCUT2D eigenvalue weighted by Gasteiger charge is 2.16. The number of rotatable bonds is 5. The number of benzene rings is 2. The molecule has 0 saturated heterocycles. The Morgan fingerprint density at radius 3 is 2.30 bits per heavy atom. The number of hydrogen-bond donors (Lipinski definition) is 1. The molecule has 1 amide bonds. The van der Waals surface area contributed by atoms with E-state index in [0.29, 0.717) is 17.0 Å². The van der Waals surface area contributed by atoms with Crippen LogP contribution in [0.5, 0.6) is 5.75 Å². The molecule has 1 N–H and O–H groups in total. The molecule has 0 saturated carbocycles. The van der Waals surface area contributed by atoms with Gasteiger partial charge in [0.25, 0.3) is 5.91 Å². The van der Waals surface area contributed by atoms with E-state index in [-0.39, 0.29) is 10.8 Å². The Kier molecular flexibility index (Phi) is 5.02. The predicted octanol–water partition coefficient (Wildman–Crippen LogP) is 2.20. The number of hydrogen-bond acceptors (Lipinski definition) is 4. The molecular formula is C16H18N2O4S. The van der Waals surface area contributed by atoms with E-state index in [2.05, 4.69) is 5.32 Å². The number of amides is 1. The standard InChI is InChI=1S/C16H18N2O4S/c1-18(2)23(20,21)15-9-7-13(8-10-15)17-16(19)12-5-4-6-14(11-12)22-3/h4-11H,1-3H3,(H,17,19). The molecule has 0 aliphatic heterocycles. The van der Waals surface area contributed by atoms with Gasteiger partial charge in [0.2, 0.25) is 10.0 Å². The lowest BCUT2D eigenvalue weighted by Crippen LogP contribution is -2.22. The lowest BCUT2D eigenvalue weighted by molar-refractivity contribution is 0.102. The van der Waals surface area contributed by atoms with Crippen LogP contribution in [0.1, 0.15) is 10.4 Å². The molecule has 0 radical (unpaired) electrons. The largest absolute Gasteiger partial charge is 0.497 e. The van der Waals surface area contributed by atoms with Crippen molar-refractivity contribution in [3.63, 3.8) is 0 Å². The molecule has 0 bridgehead atoms. The number of nitrogens with zero attached hydrogens (tertiary/aromatic N) is 1. The Morgan fingerprint density at radius 1 is 1.09 bits per heavy atom. The van der Waals surface area contributed by atoms with Crippen molar-refractivity contribution < 1.29 is 17.9 Å². The molecule has 2 aromatic carbocycles. The van der Waals surface area contributed by atoms with Gasteiger partial charge in [0.1, 0.15) is 5.75 Å². The van der Waals surface area contributed by atoms with Crippen LogP contribution < -0.4 is 10.1 Å². The van der Waals surface area contributed by atoms with Crippen molar-refractivity contribution in [1.29, 1.82) is 0 Å². The molecule has 0 fully saturated rings. The van der Waals surface area contributed by atoms with Crippen LogP contribution >= 0.6 is 0 Å². The average molecular weight is 334 g/mol. The first-order valence-corrected chi connectivity index (χ1v) is 8.26. The second kappa shape index (κ2) is 6.80. The third-order valence-corrected chi connectivity index (χ3v) is 5.05. The lowest BCUT2D eigenvalue weighted by atomic mass is 10.2.